The predicted molar refractivity (Wildman–Crippen MR) is 82.6 cm³/mol. The van der Waals surface area contributed by atoms with Gasteiger partial charge in [0.05, 0.1) is 7.11 Å². The van der Waals surface area contributed by atoms with E-state index in [2.05, 4.69) is 19.2 Å². The second-order valence-electron chi connectivity index (χ2n) is 5.72. The Morgan fingerprint density at radius 3 is 3.00 bits per heavy atom. The van der Waals surface area contributed by atoms with Gasteiger partial charge in [0.15, 0.2) is 0 Å². The van der Waals surface area contributed by atoms with Gasteiger partial charge in [-0.15, -0.1) is 11.3 Å². The number of nitrogens with one attached hydrogen (secondary N) is 1. The highest BCUT2D eigenvalue weighted by Gasteiger charge is 2.25. The summed E-state index contributed by atoms with van der Waals surface area (Å²) in [5, 5.41) is 5.38. The third kappa shape index (κ3) is 3.73. The minimum absolute atomic E-state index is 0.0965. The first kappa shape index (κ1) is 15.3. The molecule has 1 saturated heterocycles. The maximum Gasteiger partial charge on any atom is 0.267 e. The zero-order valence-electron chi connectivity index (χ0n) is 12.5. The maximum absolute atomic E-state index is 12.7. The second-order valence-corrected chi connectivity index (χ2v) is 6.63. The van der Waals surface area contributed by atoms with Crippen LogP contribution in [-0.2, 0) is 0 Å². The van der Waals surface area contributed by atoms with E-state index >= 15 is 0 Å². The molecule has 1 amide bonds. The van der Waals surface area contributed by atoms with E-state index in [0.29, 0.717) is 22.6 Å². The van der Waals surface area contributed by atoms with Crippen molar-refractivity contribution in [3.63, 3.8) is 0 Å². The van der Waals surface area contributed by atoms with Crippen LogP contribution in [0.4, 0.5) is 0 Å². The summed E-state index contributed by atoms with van der Waals surface area (Å²) in [7, 11) is 1.62. The molecule has 0 spiro atoms. The van der Waals surface area contributed by atoms with Gasteiger partial charge in [-0.3, -0.25) is 4.79 Å². The largest absolute Gasteiger partial charge is 0.495 e. The molecule has 112 valence electrons. The Kier molecular flexibility index (Phi) is 5.43. The van der Waals surface area contributed by atoms with Crippen molar-refractivity contribution in [2.24, 2.45) is 5.92 Å². The molecule has 1 aromatic rings. The lowest BCUT2D eigenvalue weighted by atomic mass is 10.1. The van der Waals surface area contributed by atoms with Gasteiger partial charge < -0.3 is 15.0 Å². The Balaban J connectivity index is 2.10. The van der Waals surface area contributed by atoms with E-state index in [1.807, 2.05) is 16.3 Å². The normalized spacial score (nSPS) is 18.5. The number of ether oxygens (including phenoxy) is 1. The van der Waals surface area contributed by atoms with Gasteiger partial charge in [0, 0.05) is 19.1 Å². The standard InChI is InChI=1S/C15H24N2O2S/c1-11(2)9-17(10-12-5-4-7-16-12)15(18)14-13(19-3)6-8-20-14/h6,8,11-12,16H,4-5,7,9-10H2,1-3H3. The number of amides is 1. The van der Waals surface area contributed by atoms with E-state index in [1.165, 1.54) is 17.8 Å². The summed E-state index contributed by atoms with van der Waals surface area (Å²) in [5.41, 5.74) is 0. The zero-order valence-corrected chi connectivity index (χ0v) is 13.3. The number of rotatable bonds is 6. The first-order valence-corrected chi connectivity index (χ1v) is 8.14. The number of thiophene rings is 1. The minimum atomic E-state index is 0.0965. The van der Waals surface area contributed by atoms with Crippen molar-refractivity contribution in [3.05, 3.63) is 16.3 Å². The van der Waals surface area contributed by atoms with Gasteiger partial charge in [-0.25, -0.2) is 0 Å². The fourth-order valence-corrected chi connectivity index (χ4v) is 3.44. The van der Waals surface area contributed by atoms with Gasteiger partial charge in [0.1, 0.15) is 10.6 Å². The second kappa shape index (κ2) is 7.09. The molecular formula is C15H24N2O2S. The van der Waals surface area contributed by atoms with Crippen LogP contribution in [0.1, 0.15) is 36.4 Å². The maximum atomic E-state index is 12.7. The van der Waals surface area contributed by atoms with Gasteiger partial charge in [-0.1, -0.05) is 13.8 Å². The Morgan fingerprint density at radius 1 is 1.60 bits per heavy atom. The summed E-state index contributed by atoms with van der Waals surface area (Å²) >= 11 is 1.46. The van der Waals surface area contributed by atoms with Gasteiger partial charge in [0.25, 0.3) is 5.91 Å². The topological polar surface area (TPSA) is 41.6 Å². The van der Waals surface area contributed by atoms with E-state index in [9.17, 15) is 4.79 Å². The lowest BCUT2D eigenvalue weighted by molar-refractivity contribution is 0.0723. The number of hydrogen-bond acceptors (Lipinski definition) is 4. The smallest absolute Gasteiger partial charge is 0.267 e. The first-order chi connectivity index (χ1) is 9.61. The quantitative estimate of drug-likeness (QED) is 0.877. The highest BCUT2D eigenvalue weighted by Crippen LogP contribution is 2.26. The van der Waals surface area contributed by atoms with Crippen LogP contribution in [-0.4, -0.2) is 43.6 Å². The highest BCUT2D eigenvalue weighted by molar-refractivity contribution is 7.12. The number of methoxy groups -OCH3 is 1. The van der Waals surface area contributed by atoms with Crippen LogP contribution in [0.25, 0.3) is 0 Å². The van der Waals surface area contributed by atoms with Crippen molar-refractivity contribution < 1.29 is 9.53 Å². The number of carbonyl (C=O) groups excluding carboxylic acids is 1. The van der Waals surface area contributed by atoms with Crippen molar-refractivity contribution >= 4 is 17.2 Å². The molecule has 0 saturated carbocycles. The molecule has 1 aromatic heterocycles. The Bertz CT molecular complexity index is 439. The molecule has 1 fully saturated rings. The molecule has 20 heavy (non-hydrogen) atoms. The van der Waals surface area contributed by atoms with Crippen molar-refractivity contribution in [1.82, 2.24) is 10.2 Å². The summed E-state index contributed by atoms with van der Waals surface area (Å²) in [4.78, 5) is 15.4. The number of nitrogens with zero attached hydrogens (tertiary/aromatic N) is 1. The lowest BCUT2D eigenvalue weighted by Gasteiger charge is -2.27. The van der Waals surface area contributed by atoms with Crippen molar-refractivity contribution in [2.45, 2.75) is 32.7 Å². The molecule has 0 radical (unpaired) electrons. The SMILES string of the molecule is COc1ccsc1C(=O)N(CC(C)C)CC1CCCN1. The first-order valence-electron chi connectivity index (χ1n) is 7.26. The van der Waals surface area contributed by atoms with Crippen LogP contribution >= 0.6 is 11.3 Å². The number of hydrogen-bond donors (Lipinski definition) is 1. The fourth-order valence-electron chi connectivity index (χ4n) is 2.62. The summed E-state index contributed by atoms with van der Waals surface area (Å²) in [6.07, 6.45) is 2.36. The van der Waals surface area contributed by atoms with E-state index in [-0.39, 0.29) is 5.91 Å². The third-order valence-electron chi connectivity index (χ3n) is 3.52. The average Bonchev–Trinajstić information content (AvgIpc) is 3.07. The van der Waals surface area contributed by atoms with Gasteiger partial charge in [0.2, 0.25) is 0 Å². The molecule has 0 bridgehead atoms. The highest BCUT2D eigenvalue weighted by atomic mass is 32.1. The molecule has 1 aliphatic rings. The Hall–Kier alpha value is -1.07. The fraction of sp³-hybridized carbons (Fsp3) is 0.667. The van der Waals surface area contributed by atoms with Crippen LogP contribution in [0.2, 0.25) is 0 Å². The summed E-state index contributed by atoms with van der Waals surface area (Å²) < 4.78 is 5.28. The lowest BCUT2D eigenvalue weighted by Crippen LogP contribution is -2.42. The molecular weight excluding hydrogens is 272 g/mol. The average molecular weight is 296 g/mol. The van der Waals surface area contributed by atoms with Crippen LogP contribution in [0.5, 0.6) is 5.75 Å². The zero-order chi connectivity index (χ0) is 14.5. The molecule has 0 aromatic carbocycles. The van der Waals surface area contributed by atoms with Gasteiger partial charge >= 0.3 is 0 Å². The van der Waals surface area contributed by atoms with Crippen LogP contribution in [0.15, 0.2) is 11.4 Å². The van der Waals surface area contributed by atoms with Crippen molar-refractivity contribution in [1.29, 1.82) is 0 Å². The van der Waals surface area contributed by atoms with E-state index in [0.717, 1.165) is 26.1 Å². The molecule has 2 heterocycles. The molecule has 4 nitrogen and oxygen atoms in total. The van der Waals surface area contributed by atoms with E-state index in [4.69, 9.17) is 4.74 Å². The van der Waals surface area contributed by atoms with Gasteiger partial charge in [-0.2, -0.15) is 0 Å². The molecule has 1 N–H and O–H groups in total. The van der Waals surface area contributed by atoms with Crippen molar-refractivity contribution in [3.8, 4) is 5.75 Å². The van der Waals surface area contributed by atoms with Crippen LogP contribution in [0.3, 0.4) is 0 Å². The van der Waals surface area contributed by atoms with E-state index < -0.39 is 0 Å². The summed E-state index contributed by atoms with van der Waals surface area (Å²) in [6, 6.07) is 2.29. The molecule has 1 aliphatic heterocycles. The van der Waals surface area contributed by atoms with Crippen LogP contribution in [0, 0.1) is 5.92 Å². The Morgan fingerprint density at radius 2 is 2.40 bits per heavy atom. The molecule has 1 atom stereocenters. The summed E-state index contributed by atoms with van der Waals surface area (Å²) in [5.74, 6) is 1.25. The molecule has 0 aliphatic carbocycles. The molecule has 5 heteroatoms. The third-order valence-corrected chi connectivity index (χ3v) is 4.40. The Labute approximate surface area is 125 Å². The van der Waals surface area contributed by atoms with Crippen molar-refractivity contribution in [2.75, 3.05) is 26.7 Å². The monoisotopic (exact) mass is 296 g/mol. The summed E-state index contributed by atoms with van der Waals surface area (Å²) in [6.45, 7) is 6.94. The van der Waals surface area contributed by atoms with Gasteiger partial charge in [-0.05, 0) is 36.8 Å². The van der Waals surface area contributed by atoms with E-state index in [1.54, 1.807) is 7.11 Å². The minimum Gasteiger partial charge on any atom is -0.495 e. The predicted octanol–water partition coefficient (Wildman–Crippen LogP) is 2.61. The molecule has 2 rings (SSSR count). The number of carbonyl (C=O) groups is 1. The van der Waals surface area contributed by atoms with Crippen LogP contribution < -0.4 is 10.1 Å². The molecule has 1 unspecified atom stereocenters.